The fourth-order valence-corrected chi connectivity index (χ4v) is 2.31. The Kier molecular flexibility index (Phi) is 5.00. The summed E-state index contributed by atoms with van der Waals surface area (Å²) >= 11 is 0. The molecule has 0 aliphatic heterocycles. The van der Waals surface area contributed by atoms with Crippen molar-refractivity contribution in [2.75, 3.05) is 6.67 Å². The van der Waals surface area contributed by atoms with Crippen LogP contribution < -0.4 is 10.1 Å². The number of ether oxygens (including phenoxy) is 1. The summed E-state index contributed by atoms with van der Waals surface area (Å²) in [6.07, 6.45) is -3.56. The molecule has 1 saturated carbocycles. The van der Waals surface area contributed by atoms with Crippen LogP contribution in [0, 0.1) is 5.41 Å². The van der Waals surface area contributed by atoms with Crippen molar-refractivity contribution in [2.24, 2.45) is 5.41 Å². The van der Waals surface area contributed by atoms with E-state index in [9.17, 15) is 27.2 Å². The fraction of sp³-hybridized carbons (Fsp3) is 0.467. The van der Waals surface area contributed by atoms with Gasteiger partial charge in [-0.25, -0.2) is 9.18 Å². The summed E-state index contributed by atoms with van der Waals surface area (Å²) in [6.45, 7) is -1.22. The van der Waals surface area contributed by atoms with Gasteiger partial charge in [-0.2, -0.15) is 0 Å². The first-order valence-electron chi connectivity index (χ1n) is 7.10. The summed E-state index contributed by atoms with van der Waals surface area (Å²) in [4.78, 5) is 22.9. The highest BCUT2D eigenvalue weighted by molar-refractivity contribution is 5.89. The highest BCUT2D eigenvalue weighted by Crippen LogP contribution is 2.48. The summed E-state index contributed by atoms with van der Waals surface area (Å²) < 4.78 is 52.6. The maximum atomic E-state index is 12.6. The predicted octanol–water partition coefficient (Wildman–Crippen LogP) is 2.45. The lowest BCUT2D eigenvalue weighted by Gasteiger charge is -2.18. The van der Waals surface area contributed by atoms with Gasteiger partial charge in [-0.15, -0.1) is 13.2 Å². The SMILES string of the molecule is O=C(O)C(CF)NC(=O)C1(Cc2ccc(OC(F)(F)F)cc2)CC1. The molecule has 1 aromatic rings. The van der Waals surface area contributed by atoms with Crippen LogP contribution in [0.4, 0.5) is 17.6 Å². The van der Waals surface area contributed by atoms with Crippen molar-refractivity contribution in [2.45, 2.75) is 31.7 Å². The molecule has 0 radical (unpaired) electrons. The van der Waals surface area contributed by atoms with Crippen LogP contribution in [0.5, 0.6) is 5.75 Å². The highest BCUT2D eigenvalue weighted by atomic mass is 19.4. The smallest absolute Gasteiger partial charge is 0.480 e. The number of carboxylic acid groups (broad SMARTS) is 1. The van der Waals surface area contributed by atoms with E-state index in [0.717, 1.165) is 12.1 Å². The lowest BCUT2D eigenvalue weighted by molar-refractivity contribution is -0.274. The van der Waals surface area contributed by atoms with Crippen molar-refractivity contribution in [3.63, 3.8) is 0 Å². The van der Waals surface area contributed by atoms with E-state index in [1.165, 1.54) is 12.1 Å². The Bertz CT molecular complexity index is 611. The largest absolute Gasteiger partial charge is 0.573 e. The maximum absolute atomic E-state index is 12.6. The zero-order valence-corrected chi connectivity index (χ0v) is 12.4. The van der Waals surface area contributed by atoms with Crippen LogP contribution in [-0.2, 0) is 16.0 Å². The Balaban J connectivity index is 1.99. The second kappa shape index (κ2) is 6.66. The average molecular weight is 349 g/mol. The lowest BCUT2D eigenvalue weighted by Crippen LogP contribution is -2.46. The van der Waals surface area contributed by atoms with Crippen molar-refractivity contribution in [1.29, 1.82) is 0 Å². The molecule has 5 nitrogen and oxygen atoms in total. The minimum Gasteiger partial charge on any atom is -0.480 e. The topological polar surface area (TPSA) is 75.6 Å². The summed E-state index contributed by atoms with van der Waals surface area (Å²) in [5.74, 6) is -2.40. The van der Waals surface area contributed by atoms with Gasteiger partial charge in [0.15, 0.2) is 6.04 Å². The molecule has 9 heteroatoms. The van der Waals surface area contributed by atoms with Crippen molar-refractivity contribution in [3.8, 4) is 5.75 Å². The molecular formula is C15H15F4NO4. The van der Waals surface area contributed by atoms with Gasteiger partial charge in [0.05, 0.1) is 5.41 Å². The Morgan fingerprint density at radius 2 is 1.83 bits per heavy atom. The number of benzene rings is 1. The molecule has 0 bridgehead atoms. The molecule has 1 aromatic carbocycles. The van der Waals surface area contributed by atoms with E-state index < -0.39 is 36.4 Å². The second-order valence-electron chi connectivity index (χ2n) is 5.67. The number of aliphatic carboxylic acids is 1. The number of carboxylic acids is 1. The highest BCUT2D eigenvalue weighted by Gasteiger charge is 2.50. The molecule has 1 unspecified atom stereocenters. The van der Waals surface area contributed by atoms with Crippen LogP contribution in [0.15, 0.2) is 24.3 Å². The molecule has 24 heavy (non-hydrogen) atoms. The summed E-state index contributed by atoms with van der Waals surface area (Å²) in [6, 6.07) is 3.48. The molecule has 2 rings (SSSR count). The van der Waals surface area contributed by atoms with E-state index in [4.69, 9.17) is 5.11 Å². The standard InChI is InChI=1S/C15H15F4NO4/c16-8-11(12(21)22)20-13(23)14(5-6-14)7-9-1-3-10(4-2-9)24-15(17,18)19/h1-4,11H,5-8H2,(H,20,23)(H,21,22). The van der Waals surface area contributed by atoms with E-state index in [-0.39, 0.29) is 12.2 Å². The van der Waals surface area contributed by atoms with Crippen LogP contribution in [0.2, 0.25) is 0 Å². The third kappa shape index (κ3) is 4.59. The van der Waals surface area contributed by atoms with Crippen LogP contribution >= 0.6 is 0 Å². The van der Waals surface area contributed by atoms with Gasteiger partial charge in [0.1, 0.15) is 12.4 Å². The molecule has 1 aliphatic carbocycles. The number of rotatable bonds is 7. The molecular weight excluding hydrogens is 334 g/mol. The number of carbonyl (C=O) groups excluding carboxylic acids is 1. The van der Waals surface area contributed by atoms with Crippen LogP contribution in [0.3, 0.4) is 0 Å². The summed E-state index contributed by atoms with van der Waals surface area (Å²) in [7, 11) is 0. The first-order chi connectivity index (χ1) is 11.1. The molecule has 0 saturated heterocycles. The predicted molar refractivity (Wildman–Crippen MR) is 74.0 cm³/mol. The van der Waals surface area contributed by atoms with Crippen molar-refractivity contribution in [1.82, 2.24) is 5.32 Å². The number of alkyl halides is 4. The van der Waals surface area contributed by atoms with Gasteiger partial charge in [-0.1, -0.05) is 12.1 Å². The molecule has 1 fully saturated rings. The zero-order chi connectivity index (χ0) is 18.0. The Labute approximate surface area is 134 Å². The van der Waals surface area contributed by atoms with E-state index in [1.807, 2.05) is 0 Å². The molecule has 1 atom stereocenters. The zero-order valence-electron chi connectivity index (χ0n) is 12.4. The molecule has 0 aromatic heterocycles. The van der Waals surface area contributed by atoms with Gasteiger partial charge in [0.2, 0.25) is 5.91 Å². The first kappa shape index (κ1) is 18.0. The van der Waals surface area contributed by atoms with Crippen molar-refractivity contribution >= 4 is 11.9 Å². The minimum atomic E-state index is -4.78. The minimum absolute atomic E-state index is 0.226. The third-order valence-electron chi connectivity index (χ3n) is 3.79. The normalized spacial score (nSPS) is 17.0. The number of carbonyl (C=O) groups is 2. The molecule has 1 amide bonds. The van der Waals surface area contributed by atoms with E-state index in [0.29, 0.717) is 18.4 Å². The number of hydrogen-bond acceptors (Lipinski definition) is 3. The molecule has 132 valence electrons. The Morgan fingerprint density at radius 1 is 1.25 bits per heavy atom. The van der Waals surface area contributed by atoms with Gasteiger partial charge in [0, 0.05) is 0 Å². The monoisotopic (exact) mass is 349 g/mol. The molecule has 0 heterocycles. The Morgan fingerprint density at radius 3 is 2.25 bits per heavy atom. The van der Waals surface area contributed by atoms with Gasteiger partial charge < -0.3 is 15.2 Å². The average Bonchev–Trinajstić information content (AvgIpc) is 3.25. The quantitative estimate of drug-likeness (QED) is 0.742. The molecule has 2 N–H and O–H groups in total. The van der Waals surface area contributed by atoms with Gasteiger partial charge >= 0.3 is 12.3 Å². The maximum Gasteiger partial charge on any atom is 0.573 e. The van der Waals surface area contributed by atoms with Crippen LogP contribution in [0.1, 0.15) is 18.4 Å². The van der Waals surface area contributed by atoms with Crippen molar-refractivity contribution < 1.29 is 37.0 Å². The summed E-state index contributed by atoms with van der Waals surface area (Å²) in [5, 5.41) is 10.9. The Hall–Kier alpha value is -2.32. The molecule has 0 spiro atoms. The third-order valence-corrected chi connectivity index (χ3v) is 3.79. The van der Waals surface area contributed by atoms with E-state index >= 15 is 0 Å². The van der Waals surface area contributed by atoms with Gasteiger partial charge in [0.25, 0.3) is 0 Å². The van der Waals surface area contributed by atoms with Crippen molar-refractivity contribution in [3.05, 3.63) is 29.8 Å². The van der Waals surface area contributed by atoms with E-state index in [2.05, 4.69) is 10.1 Å². The summed E-state index contributed by atoms with van der Waals surface area (Å²) in [5.41, 5.74) is -0.237. The number of hydrogen-bond donors (Lipinski definition) is 2. The van der Waals surface area contributed by atoms with Crippen LogP contribution in [-0.4, -0.2) is 36.1 Å². The first-order valence-corrected chi connectivity index (χ1v) is 7.10. The number of nitrogens with one attached hydrogen (secondary N) is 1. The van der Waals surface area contributed by atoms with E-state index in [1.54, 1.807) is 0 Å². The van der Waals surface area contributed by atoms with Gasteiger partial charge in [-0.3, -0.25) is 4.79 Å². The number of halogens is 4. The second-order valence-corrected chi connectivity index (χ2v) is 5.67. The van der Waals surface area contributed by atoms with Crippen LogP contribution in [0.25, 0.3) is 0 Å². The molecule has 1 aliphatic rings. The fourth-order valence-electron chi connectivity index (χ4n) is 2.31. The lowest BCUT2D eigenvalue weighted by atomic mass is 9.95. The van der Waals surface area contributed by atoms with Gasteiger partial charge in [-0.05, 0) is 37.0 Å². The number of amides is 1.